The normalized spacial score (nSPS) is 13.9. The number of nitrogens with zero attached hydrogens (tertiary/aromatic N) is 2. The molecule has 1 unspecified atom stereocenters. The predicted octanol–water partition coefficient (Wildman–Crippen LogP) is 0.634. The number of aryl methyl sites for hydroxylation is 1. The van der Waals surface area contributed by atoms with Crippen LogP contribution in [0.2, 0.25) is 5.15 Å². The minimum Gasteiger partial charge on any atom is -0.384 e. The van der Waals surface area contributed by atoms with Gasteiger partial charge >= 0.3 is 0 Å². The van der Waals surface area contributed by atoms with E-state index < -0.39 is 10.0 Å². The van der Waals surface area contributed by atoms with Crippen LogP contribution in [0.4, 0.5) is 0 Å². The maximum absolute atomic E-state index is 11.9. The van der Waals surface area contributed by atoms with E-state index in [0.29, 0.717) is 6.61 Å². The van der Waals surface area contributed by atoms with Gasteiger partial charge in [-0.1, -0.05) is 18.5 Å². The van der Waals surface area contributed by atoms with Crippen LogP contribution in [0.1, 0.15) is 6.92 Å². The van der Waals surface area contributed by atoms with Crippen LogP contribution in [0.15, 0.2) is 11.4 Å². The second kappa shape index (κ2) is 5.81. The highest BCUT2D eigenvalue weighted by molar-refractivity contribution is 7.89. The van der Waals surface area contributed by atoms with Crippen LogP contribution in [0.25, 0.3) is 0 Å². The van der Waals surface area contributed by atoms with Crippen LogP contribution in [0.5, 0.6) is 0 Å². The number of hydrogen-bond acceptors (Lipinski definition) is 4. The Balaban J connectivity index is 2.73. The van der Waals surface area contributed by atoms with Gasteiger partial charge in [-0.25, -0.2) is 18.1 Å². The predicted molar refractivity (Wildman–Crippen MR) is 64.4 cm³/mol. The molecule has 1 heterocycles. The second-order valence-corrected chi connectivity index (χ2v) is 5.90. The summed E-state index contributed by atoms with van der Waals surface area (Å²) in [7, 11) is -0.456. The van der Waals surface area contributed by atoms with Crippen LogP contribution in [-0.4, -0.2) is 38.2 Å². The number of rotatable bonds is 6. The molecular formula is C9H16ClN3O3S. The molecule has 1 rings (SSSR count). The van der Waals surface area contributed by atoms with Crippen molar-refractivity contribution < 1.29 is 13.2 Å². The fourth-order valence-electron chi connectivity index (χ4n) is 1.24. The third kappa shape index (κ3) is 3.67. The Labute approximate surface area is 106 Å². The van der Waals surface area contributed by atoms with Crippen molar-refractivity contribution in [2.75, 3.05) is 20.3 Å². The van der Waals surface area contributed by atoms with E-state index in [4.69, 9.17) is 16.3 Å². The molecule has 6 nitrogen and oxygen atoms in total. The summed E-state index contributed by atoms with van der Waals surface area (Å²) in [5.74, 6) is 0.0808. The number of aromatic nitrogens is 2. The first-order chi connectivity index (χ1) is 7.88. The zero-order valence-corrected chi connectivity index (χ0v) is 11.5. The van der Waals surface area contributed by atoms with Crippen molar-refractivity contribution in [2.45, 2.75) is 11.9 Å². The monoisotopic (exact) mass is 281 g/mol. The molecule has 1 aromatic heterocycles. The molecule has 0 saturated heterocycles. The van der Waals surface area contributed by atoms with Crippen molar-refractivity contribution in [1.82, 2.24) is 14.3 Å². The minimum absolute atomic E-state index is 0.0808. The number of methoxy groups -OCH3 is 1. The van der Waals surface area contributed by atoms with Gasteiger partial charge in [0, 0.05) is 27.3 Å². The number of sulfonamides is 1. The minimum atomic E-state index is -3.65. The van der Waals surface area contributed by atoms with Crippen molar-refractivity contribution in [3.63, 3.8) is 0 Å². The van der Waals surface area contributed by atoms with E-state index in [0.717, 1.165) is 0 Å². The van der Waals surface area contributed by atoms with Crippen molar-refractivity contribution in [1.29, 1.82) is 0 Å². The smallest absolute Gasteiger partial charge is 0.261 e. The first-order valence-electron chi connectivity index (χ1n) is 5.04. The Kier molecular flexibility index (Phi) is 4.93. The lowest BCUT2D eigenvalue weighted by Crippen LogP contribution is -2.30. The van der Waals surface area contributed by atoms with Crippen LogP contribution < -0.4 is 4.72 Å². The van der Waals surface area contributed by atoms with E-state index in [1.807, 2.05) is 6.92 Å². The Morgan fingerprint density at radius 2 is 2.29 bits per heavy atom. The average molecular weight is 282 g/mol. The van der Waals surface area contributed by atoms with Crippen molar-refractivity contribution >= 4 is 21.6 Å². The SMILES string of the molecule is COCC(C)CNS(=O)(=O)c1ncn(C)c1Cl. The Bertz CT molecular complexity index is 472. The maximum atomic E-state index is 11.9. The molecule has 1 aromatic rings. The third-order valence-corrected chi connectivity index (χ3v) is 4.07. The lowest BCUT2D eigenvalue weighted by atomic mass is 10.2. The zero-order chi connectivity index (χ0) is 13.1. The molecule has 0 bridgehead atoms. The molecule has 0 aromatic carbocycles. The van der Waals surface area contributed by atoms with E-state index >= 15 is 0 Å². The van der Waals surface area contributed by atoms with Crippen LogP contribution in [0, 0.1) is 5.92 Å². The summed E-state index contributed by atoms with van der Waals surface area (Å²) in [4.78, 5) is 3.76. The van der Waals surface area contributed by atoms with Gasteiger partial charge in [0.05, 0.1) is 6.33 Å². The van der Waals surface area contributed by atoms with Crippen molar-refractivity contribution in [3.05, 3.63) is 11.5 Å². The summed E-state index contributed by atoms with van der Waals surface area (Å²) in [5, 5.41) is -0.0526. The standard InChI is InChI=1S/C9H16ClN3O3S/c1-7(5-16-3)4-12-17(14,15)9-8(10)13(2)6-11-9/h6-7,12H,4-5H2,1-3H3. The largest absolute Gasteiger partial charge is 0.384 e. The van der Waals surface area contributed by atoms with E-state index in [9.17, 15) is 8.42 Å². The molecule has 0 aliphatic heterocycles. The highest BCUT2D eigenvalue weighted by Gasteiger charge is 2.22. The molecule has 1 N–H and O–H groups in total. The van der Waals surface area contributed by atoms with Gasteiger partial charge in [0.15, 0.2) is 0 Å². The quantitative estimate of drug-likeness (QED) is 0.830. The molecular weight excluding hydrogens is 266 g/mol. The molecule has 0 radical (unpaired) electrons. The first-order valence-corrected chi connectivity index (χ1v) is 6.90. The molecule has 0 aliphatic carbocycles. The van der Waals surface area contributed by atoms with Gasteiger partial charge in [0.25, 0.3) is 10.0 Å². The first kappa shape index (κ1) is 14.4. The van der Waals surface area contributed by atoms with Crippen molar-refractivity contribution in [2.24, 2.45) is 13.0 Å². The van der Waals surface area contributed by atoms with Gasteiger partial charge < -0.3 is 9.30 Å². The summed E-state index contributed by atoms with van der Waals surface area (Å²) in [6.07, 6.45) is 1.36. The Morgan fingerprint density at radius 3 is 2.76 bits per heavy atom. The molecule has 98 valence electrons. The molecule has 0 fully saturated rings. The highest BCUT2D eigenvalue weighted by Crippen LogP contribution is 2.18. The van der Waals surface area contributed by atoms with Gasteiger partial charge in [-0.2, -0.15) is 0 Å². The Hall–Kier alpha value is -0.630. The van der Waals surface area contributed by atoms with E-state index in [1.165, 1.54) is 10.9 Å². The number of imidazole rings is 1. The molecule has 0 aliphatic rings. The topological polar surface area (TPSA) is 73.2 Å². The lowest BCUT2D eigenvalue weighted by molar-refractivity contribution is 0.161. The summed E-state index contributed by atoms with van der Waals surface area (Å²) in [5.41, 5.74) is 0. The number of nitrogens with one attached hydrogen (secondary N) is 1. The zero-order valence-electron chi connectivity index (χ0n) is 9.97. The van der Waals surface area contributed by atoms with Crippen molar-refractivity contribution in [3.8, 4) is 0 Å². The molecule has 1 atom stereocenters. The lowest BCUT2D eigenvalue weighted by Gasteiger charge is -2.11. The summed E-state index contributed by atoms with van der Waals surface area (Å²) >= 11 is 5.83. The number of hydrogen-bond donors (Lipinski definition) is 1. The third-order valence-electron chi connectivity index (χ3n) is 2.16. The molecule has 0 spiro atoms. The fraction of sp³-hybridized carbons (Fsp3) is 0.667. The number of ether oxygens (including phenoxy) is 1. The van der Waals surface area contributed by atoms with Gasteiger partial charge in [0.1, 0.15) is 5.15 Å². The average Bonchev–Trinajstić information content (AvgIpc) is 2.58. The van der Waals surface area contributed by atoms with Crippen LogP contribution in [0.3, 0.4) is 0 Å². The molecule has 0 amide bonds. The second-order valence-electron chi connectivity index (χ2n) is 3.86. The van der Waals surface area contributed by atoms with Crippen LogP contribution >= 0.6 is 11.6 Å². The highest BCUT2D eigenvalue weighted by atomic mass is 35.5. The van der Waals surface area contributed by atoms with E-state index in [-0.39, 0.29) is 22.6 Å². The van der Waals surface area contributed by atoms with Gasteiger partial charge in [0.2, 0.25) is 5.03 Å². The van der Waals surface area contributed by atoms with E-state index in [1.54, 1.807) is 14.2 Å². The van der Waals surface area contributed by atoms with Gasteiger partial charge in [-0.15, -0.1) is 0 Å². The fourth-order valence-corrected chi connectivity index (χ4v) is 2.83. The Morgan fingerprint density at radius 1 is 1.65 bits per heavy atom. The molecule has 0 saturated carbocycles. The summed E-state index contributed by atoms with van der Waals surface area (Å²) < 4.78 is 32.5. The molecule has 17 heavy (non-hydrogen) atoms. The van der Waals surface area contributed by atoms with E-state index in [2.05, 4.69) is 9.71 Å². The maximum Gasteiger partial charge on any atom is 0.261 e. The van der Waals surface area contributed by atoms with Crippen LogP contribution in [-0.2, 0) is 21.8 Å². The van der Waals surface area contributed by atoms with Gasteiger partial charge in [-0.3, -0.25) is 0 Å². The summed E-state index contributed by atoms with van der Waals surface area (Å²) in [6, 6.07) is 0. The summed E-state index contributed by atoms with van der Waals surface area (Å²) in [6.45, 7) is 2.65. The molecule has 8 heteroatoms. The van der Waals surface area contributed by atoms with Gasteiger partial charge in [-0.05, 0) is 5.92 Å². The number of halogens is 1.